The van der Waals surface area contributed by atoms with Crippen LogP contribution in [0.1, 0.15) is 77.7 Å². The molecule has 3 heterocycles. The molecule has 2 aromatic heterocycles. The summed E-state index contributed by atoms with van der Waals surface area (Å²) >= 11 is 0. The number of nitriles is 1. The maximum absolute atomic E-state index is 12.9. The van der Waals surface area contributed by atoms with E-state index in [1.807, 2.05) is 39.0 Å². The summed E-state index contributed by atoms with van der Waals surface area (Å²) in [6, 6.07) is 9.93. The predicted molar refractivity (Wildman–Crippen MR) is 142 cm³/mol. The Morgan fingerprint density at radius 1 is 1.26 bits per heavy atom. The Morgan fingerprint density at radius 3 is 2.74 bits per heavy atom. The summed E-state index contributed by atoms with van der Waals surface area (Å²) < 4.78 is 7.29. The van der Waals surface area contributed by atoms with Crippen molar-refractivity contribution in [2.45, 2.75) is 58.0 Å². The minimum Gasteiger partial charge on any atom is -0.493 e. The lowest BCUT2D eigenvalue weighted by Gasteiger charge is -2.36. The molecular formula is C29H32N6O3. The van der Waals surface area contributed by atoms with Crippen molar-refractivity contribution in [3.8, 4) is 11.8 Å². The van der Waals surface area contributed by atoms with Crippen LogP contribution in [0.5, 0.6) is 5.75 Å². The standard InChI is InChI=1S/C29H32N6O3/c1-17-5-6-20(13-30)25(9-17)21-10-24(11-21)33-28(36)23-15-32-35(16-23)19(3)22-12-26(38-4)27(31-14-22)34-8-7-18(2)29(34)37/h5-6,9,12,14-16,18-19,21,24H,7-8,10-11H2,1-4H3,(H,33,36)/t18-,19?,21?,24?/m0/s1. The number of pyridine rings is 1. The lowest BCUT2D eigenvalue weighted by molar-refractivity contribution is -0.119. The molecule has 0 radical (unpaired) electrons. The molecule has 2 aliphatic rings. The van der Waals surface area contributed by atoms with Crippen LogP contribution in [0.25, 0.3) is 0 Å². The van der Waals surface area contributed by atoms with Gasteiger partial charge in [-0.05, 0) is 62.3 Å². The molecule has 1 aliphatic heterocycles. The first-order chi connectivity index (χ1) is 18.3. The number of rotatable bonds is 7. The van der Waals surface area contributed by atoms with Crippen molar-refractivity contribution in [2.75, 3.05) is 18.6 Å². The first kappa shape index (κ1) is 25.5. The van der Waals surface area contributed by atoms with Crippen LogP contribution in [0.3, 0.4) is 0 Å². The average Bonchev–Trinajstić information content (AvgIpc) is 3.52. The van der Waals surface area contributed by atoms with E-state index >= 15 is 0 Å². The molecule has 5 rings (SSSR count). The zero-order valence-corrected chi connectivity index (χ0v) is 22.1. The lowest BCUT2D eigenvalue weighted by atomic mass is 9.74. The van der Waals surface area contributed by atoms with Gasteiger partial charge in [-0.15, -0.1) is 0 Å². The fourth-order valence-electron chi connectivity index (χ4n) is 5.27. The molecule has 0 spiro atoms. The van der Waals surface area contributed by atoms with Gasteiger partial charge in [-0.3, -0.25) is 19.2 Å². The molecule has 1 saturated carbocycles. The maximum Gasteiger partial charge on any atom is 0.254 e. The van der Waals surface area contributed by atoms with E-state index in [9.17, 15) is 14.9 Å². The summed E-state index contributed by atoms with van der Waals surface area (Å²) in [6.45, 7) is 6.55. The number of anilines is 1. The molecule has 0 bridgehead atoms. The minimum absolute atomic E-state index is 0.0165. The highest BCUT2D eigenvalue weighted by atomic mass is 16.5. The van der Waals surface area contributed by atoms with Crippen LogP contribution in [0, 0.1) is 24.2 Å². The molecule has 1 aliphatic carbocycles. The van der Waals surface area contributed by atoms with Crippen molar-refractivity contribution in [3.05, 3.63) is 70.7 Å². The number of amides is 2. The zero-order chi connectivity index (χ0) is 27.0. The van der Waals surface area contributed by atoms with Crippen LogP contribution in [0.15, 0.2) is 42.9 Å². The molecule has 1 aromatic carbocycles. The van der Waals surface area contributed by atoms with Gasteiger partial charge in [0.2, 0.25) is 5.91 Å². The number of nitrogens with one attached hydrogen (secondary N) is 1. The van der Waals surface area contributed by atoms with Gasteiger partial charge < -0.3 is 10.1 Å². The molecule has 2 amide bonds. The van der Waals surface area contributed by atoms with Gasteiger partial charge in [0, 0.05) is 30.9 Å². The van der Waals surface area contributed by atoms with Crippen LogP contribution >= 0.6 is 0 Å². The third-order valence-electron chi connectivity index (χ3n) is 7.79. The van der Waals surface area contributed by atoms with Crippen LogP contribution in [-0.4, -0.2) is 46.3 Å². The first-order valence-corrected chi connectivity index (χ1v) is 13.0. The molecule has 1 N–H and O–H groups in total. The van der Waals surface area contributed by atoms with E-state index in [0.717, 1.165) is 36.0 Å². The molecule has 9 heteroatoms. The van der Waals surface area contributed by atoms with Crippen LogP contribution < -0.4 is 15.0 Å². The molecular weight excluding hydrogens is 480 g/mol. The van der Waals surface area contributed by atoms with E-state index < -0.39 is 0 Å². The van der Waals surface area contributed by atoms with Crippen LogP contribution in [0.2, 0.25) is 0 Å². The third-order valence-corrected chi connectivity index (χ3v) is 7.79. The number of hydrogen-bond donors (Lipinski definition) is 1. The molecule has 1 unspecified atom stereocenters. The fourth-order valence-corrected chi connectivity index (χ4v) is 5.27. The fraction of sp³-hybridized carbons (Fsp3) is 0.414. The van der Waals surface area contributed by atoms with Crippen molar-refractivity contribution in [2.24, 2.45) is 5.92 Å². The summed E-state index contributed by atoms with van der Waals surface area (Å²) in [4.78, 5) is 31.6. The molecule has 3 aromatic rings. The monoisotopic (exact) mass is 512 g/mol. The van der Waals surface area contributed by atoms with E-state index in [2.05, 4.69) is 27.5 Å². The van der Waals surface area contributed by atoms with Crippen molar-refractivity contribution in [1.29, 1.82) is 5.26 Å². The van der Waals surface area contributed by atoms with Crippen molar-refractivity contribution >= 4 is 17.6 Å². The zero-order valence-electron chi connectivity index (χ0n) is 22.1. The van der Waals surface area contributed by atoms with E-state index in [0.29, 0.717) is 29.2 Å². The normalized spacial score (nSPS) is 21.5. The highest BCUT2D eigenvalue weighted by Crippen LogP contribution is 2.39. The van der Waals surface area contributed by atoms with Gasteiger partial charge in [0.15, 0.2) is 11.6 Å². The largest absolute Gasteiger partial charge is 0.493 e. The summed E-state index contributed by atoms with van der Waals surface area (Å²) in [5.41, 5.74) is 4.25. The second-order valence-corrected chi connectivity index (χ2v) is 10.4. The summed E-state index contributed by atoms with van der Waals surface area (Å²) in [6.07, 6.45) is 7.45. The number of ether oxygens (including phenoxy) is 1. The number of carbonyl (C=O) groups excluding carboxylic acids is 2. The smallest absolute Gasteiger partial charge is 0.254 e. The number of nitrogens with zero attached hydrogens (tertiary/aromatic N) is 5. The summed E-state index contributed by atoms with van der Waals surface area (Å²) in [5, 5.41) is 16.9. The Labute approximate surface area is 222 Å². The molecule has 196 valence electrons. The molecule has 2 fully saturated rings. The molecule has 1 saturated heterocycles. The Kier molecular flexibility index (Phi) is 6.89. The maximum atomic E-state index is 12.9. The van der Waals surface area contributed by atoms with Gasteiger partial charge in [0.25, 0.3) is 5.91 Å². The number of hydrogen-bond acceptors (Lipinski definition) is 6. The second kappa shape index (κ2) is 10.3. The Morgan fingerprint density at radius 2 is 2.05 bits per heavy atom. The van der Waals surface area contributed by atoms with Gasteiger partial charge in [0.1, 0.15) is 0 Å². The minimum atomic E-state index is -0.195. The third kappa shape index (κ3) is 4.74. The van der Waals surface area contributed by atoms with Gasteiger partial charge in [0.05, 0.1) is 36.5 Å². The van der Waals surface area contributed by atoms with Crippen molar-refractivity contribution in [1.82, 2.24) is 20.1 Å². The Hall–Kier alpha value is -4.19. The van der Waals surface area contributed by atoms with Gasteiger partial charge >= 0.3 is 0 Å². The highest BCUT2D eigenvalue weighted by molar-refractivity contribution is 5.97. The summed E-state index contributed by atoms with van der Waals surface area (Å²) in [7, 11) is 1.57. The van der Waals surface area contributed by atoms with E-state index in [-0.39, 0.29) is 35.7 Å². The molecule has 2 atom stereocenters. The topological polar surface area (TPSA) is 113 Å². The van der Waals surface area contributed by atoms with Crippen LogP contribution in [0.4, 0.5) is 5.82 Å². The molecule has 38 heavy (non-hydrogen) atoms. The highest BCUT2D eigenvalue weighted by Gasteiger charge is 2.34. The van der Waals surface area contributed by atoms with Gasteiger partial charge in [-0.25, -0.2) is 4.98 Å². The van der Waals surface area contributed by atoms with Crippen molar-refractivity contribution < 1.29 is 14.3 Å². The average molecular weight is 513 g/mol. The number of aromatic nitrogens is 3. The Balaban J connectivity index is 1.23. The molecule has 9 nitrogen and oxygen atoms in total. The van der Waals surface area contributed by atoms with Crippen molar-refractivity contribution in [3.63, 3.8) is 0 Å². The van der Waals surface area contributed by atoms with E-state index in [1.165, 1.54) is 0 Å². The lowest BCUT2D eigenvalue weighted by Crippen LogP contribution is -2.43. The van der Waals surface area contributed by atoms with Crippen LogP contribution in [-0.2, 0) is 4.79 Å². The van der Waals surface area contributed by atoms with E-state index in [1.54, 1.807) is 35.3 Å². The second-order valence-electron chi connectivity index (χ2n) is 10.4. The predicted octanol–water partition coefficient (Wildman–Crippen LogP) is 4.12. The van der Waals surface area contributed by atoms with Gasteiger partial charge in [-0.1, -0.05) is 24.6 Å². The van der Waals surface area contributed by atoms with Gasteiger partial charge in [-0.2, -0.15) is 10.4 Å². The number of benzene rings is 1. The van der Waals surface area contributed by atoms with E-state index in [4.69, 9.17) is 4.74 Å². The first-order valence-electron chi connectivity index (χ1n) is 13.0. The number of carbonyl (C=O) groups is 2. The summed E-state index contributed by atoms with van der Waals surface area (Å²) in [5.74, 6) is 1.23. The SMILES string of the molecule is COc1cc(C(C)n2cc(C(=O)NC3CC(c4cc(C)ccc4C#N)C3)cn2)cnc1N1CC[C@H](C)C1=O. The number of methoxy groups -OCH3 is 1. The number of aryl methyl sites for hydroxylation is 1. The quantitative estimate of drug-likeness (QED) is 0.509. The Bertz CT molecular complexity index is 1420.